The molecule has 1 saturated carbocycles. The molecule has 1 N–H and O–H groups in total. The fourth-order valence-electron chi connectivity index (χ4n) is 3.12. The summed E-state index contributed by atoms with van der Waals surface area (Å²) >= 11 is 0. The van der Waals surface area contributed by atoms with Crippen molar-refractivity contribution in [2.24, 2.45) is 5.92 Å². The van der Waals surface area contributed by atoms with Gasteiger partial charge >= 0.3 is 5.97 Å². The van der Waals surface area contributed by atoms with E-state index in [-0.39, 0.29) is 0 Å². The van der Waals surface area contributed by atoms with Crippen LogP contribution in [0.15, 0.2) is 24.3 Å². The van der Waals surface area contributed by atoms with E-state index in [0.717, 1.165) is 5.56 Å². The molecular weight excluding hydrogens is 226 g/mol. The van der Waals surface area contributed by atoms with Crippen molar-refractivity contribution in [3.63, 3.8) is 0 Å². The Morgan fingerprint density at radius 2 is 2.00 bits per heavy atom. The van der Waals surface area contributed by atoms with Crippen LogP contribution in [0.1, 0.15) is 47.6 Å². The number of nitrogens with zero attached hydrogens (tertiary/aromatic N) is 1. The molecule has 1 atom stereocenters. The summed E-state index contributed by atoms with van der Waals surface area (Å²) in [5.74, 6) is -0.190. The molecule has 0 aromatic heterocycles. The number of hydrogen-bond acceptors (Lipinski definition) is 2. The van der Waals surface area contributed by atoms with E-state index in [1.165, 1.54) is 25.7 Å². The van der Waals surface area contributed by atoms with Gasteiger partial charge in [-0.2, -0.15) is 0 Å². The third-order valence-corrected chi connectivity index (χ3v) is 3.88. The Balaban J connectivity index is 2.30. The molecule has 1 fully saturated rings. The van der Waals surface area contributed by atoms with Gasteiger partial charge in [-0.3, -0.25) is 0 Å². The average molecular weight is 247 g/mol. The quantitative estimate of drug-likeness (QED) is 0.888. The summed E-state index contributed by atoms with van der Waals surface area (Å²) < 4.78 is 0. The predicted octanol–water partition coefficient (Wildman–Crippen LogP) is 3.18. The lowest BCUT2D eigenvalue weighted by molar-refractivity contribution is 0.0696. The summed E-state index contributed by atoms with van der Waals surface area (Å²) in [5.41, 5.74) is 1.52. The van der Waals surface area contributed by atoms with Gasteiger partial charge in [-0.25, -0.2) is 4.79 Å². The van der Waals surface area contributed by atoms with Crippen LogP contribution in [-0.2, 0) is 0 Å². The number of carboxylic acid groups (broad SMARTS) is 1. The van der Waals surface area contributed by atoms with E-state index < -0.39 is 5.97 Å². The van der Waals surface area contributed by atoms with Gasteiger partial charge in [0, 0.05) is 6.04 Å². The summed E-state index contributed by atoms with van der Waals surface area (Å²) in [7, 11) is 4.16. The highest BCUT2D eigenvalue weighted by atomic mass is 16.4. The van der Waals surface area contributed by atoms with Crippen molar-refractivity contribution in [3.8, 4) is 0 Å². The van der Waals surface area contributed by atoms with Gasteiger partial charge < -0.3 is 10.0 Å². The topological polar surface area (TPSA) is 40.5 Å². The Morgan fingerprint density at radius 1 is 1.33 bits per heavy atom. The van der Waals surface area contributed by atoms with Crippen LogP contribution in [-0.4, -0.2) is 30.1 Å². The van der Waals surface area contributed by atoms with Crippen LogP contribution in [0.4, 0.5) is 0 Å². The molecule has 1 aliphatic rings. The zero-order chi connectivity index (χ0) is 13.1. The number of carbonyl (C=O) groups is 1. The number of hydrogen-bond donors (Lipinski definition) is 1. The van der Waals surface area contributed by atoms with E-state index >= 15 is 0 Å². The number of carboxylic acids is 1. The first kappa shape index (κ1) is 13.1. The van der Waals surface area contributed by atoms with Gasteiger partial charge in [-0.1, -0.05) is 25.0 Å². The van der Waals surface area contributed by atoms with Crippen LogP contribution in [0.2, 0.25) is 0 Å². The number of rotatable bonds is 4. The minimum atomic E-state index is -0.847. The molecule has 1 aromatic carbocycles. The molecule has 1 aromatic rings. The second kappa shape index (κ2) is 5.53. The van der Waals surface area contributed by atoms with Gasteiger partial charge in [0.1, 0.15) is 0 Å². The van der Waals surface area contributed by atoms with E-state index in [4.69, 9.17) is 5.11 Å². The molecule has 0 radical (unpaired) electrons. The lowest BCUT2D eigenvalue weighted by Gasteiger charge is -2.30. The molecule has 1 aliphatic carbocycles. The van der Waals surface area contributed by atoms with Crippen molar-refractivity contribution in [2.45, 2.75) is 31.7 Å². The molecule has 0 aliphatic heterocycles. The molecule has 0 heterocycles. The van der Waals surface area contributed by atoms with Crippen LogP contribution in [0.3, 0.4) is 0 Å². The van der Waals surface area contributed by atoms with E-state index in [9.17, 15) is 4.79 Å². The van der Waals surface area contributed by atoms with Crippen molar-refractivity contribution < 1.29 is 9.90 Å². The molecule has 0 spiro atoms. The summed E-state index contributed by atoms with van der Waals surface area (Å²) in [4.78, 5) is 13.3. The SMILES string of the molecule is CN(C)C(c1cccc(C(=O)O)c1)C1CCCC1. The lowest BCUT2D eigenvalue weighted by Crippen LogP contribution is -2.26. The van der Waals surface area contributed by atoms with E-state index in [1.807, 2.05) is 12.1 Å². The highest BCUT2D eigenvalue weighted by Gasteiger charge is 2.28. The Labute approximate surface area is 108 Å². The molecule has 18 heavy (non-hydrogen) atoms. The average Bonchev–Trinajstić information content (AvgIpc) is 2.82. The zero-order valence-electron chi connectivity index (χ0n) is 11.1. The van der Waals surface area contributed by atoms with Crippen molar-refractivity contribution in [3.05, 3.63) is 35.4 Å². The molecule has 0 bridgehead atoms. The van der Waals surface area contributed by atoms with Crippen molar-refractivity contribution in [2.75, 3.05) is 14.1 Å². The summed E-state index contributed by atoms with van der Waals surface area (Å²) in [6.45, 7) is 0. The molecule has 1 unspecified atom stereocenters. The minimum Gasteiger partial charge on any atom is -0.478 e. The maximum atomic E-state index is 11.1. The highest BCUT2D eigenvalue weighted by Crippen LogP contribution is 2.38. The maximum absolute atomic E-state index is 11.1. The van der Waals surface area contributed by atoms with Crippen molar-refractivity contribution in [1.29, 1.82) is 0 Å². The highest BCUT2D eigenvalue weighted by molar-refractivity contribution is 5.87. The van der Waals surface area contributed by atoms with E-state index in [0.29, 0.717) is 17.5 Å². The van der Waals surface area contributed by atoms with Crippen LogP contribution in [0, 0.1) is 5.92 Å². The molecular formula is C15H21NO2. The first-order valence-corrected chi connectivity index (χ1v) is 6.59. The third kappa shape index (κ3) is 2.72. The standard InChI is InChI=1S/C15H21NO2/c1-16(2)14(11-6-3-4-7-11)12-8-5-9-13(10-12)15(17)18/h5,8-11,14H,3-4,6-7H2,1-2H3,(H,17,18). The number of benzene rings is 1. The zero-order valence-corrected chi connectivity index (χ0v) is 11.1. The van der Waals surface area contributed by atoms with Crippen molar-refractivity contribution in [1.82, 2.24) is 4.90 Å². The lowest BCUT2D eigenvalue weighted by atomic mass is 9.90. The predicted molar refractivity (Wildman–Crippen MR) is 71.8 cm³/mol. The second-order valence-electron chi connectivity index (χ2n) is 5.38. The van der Waals surface area contributed by atoms with Gasteiger partial charge in [-0.15, -0.1) is 0 Å². The smallest absolute Gasteiger partial charge is 0.335 e. The first-order chi connectivity index (χ1) is 8.59. The Hall–Kier alpha value is -1.35. The normalized spacial score (nSPS) is 18.2. The van der Waals surface area contributed by atoms with E-state index in [2.05, 4.69) is 25.1 Å². The Morgan fingerprint density at radius 3 is 2.56 bits per heavy atom. The molecule has 98 valence electrons. The molecule has 3 nitrogen and oxygen atoms in total. The minimum absolute atomic E-state index is 0.340. The van der Waals surface area contributed by atoms with Gasteiger partial charge in [0.15, 0.2) is 0 Å². The monoisotopic (exact) mass is 247 g/mol. The van der Waals surface area contributed by atoms with Crippen LogP contribution in [0.5, 0.6) is 0 Å². The fourth-order valence-corrected chi connectivity index (χ4v) is 3.12. The van der Waals surface area contributed by atoms with Gasteiger partial charge in [-0.05, 0) is 50.6 Å². The number of aromatic carboxylic acids is 1. The molecule has 0 saturated heterocycles. The largest absolute Gasteiger partial charge is 0.478 e. The van der Waals surface area contributed by atoms with Crippen molar-refractivity contribution >= 4 is 5.97 Å². The molecule has 2 rings (SSSR count). The first-order valence-electron chi connectivity index (χ1n) is 6.59. The van der Waals surface area contributed by atoms with Crippen LogP contribution in [0.25, 0.3) is 0 Å². The maximum Gasteiger partial charge on any atom is 0.335 e. The van der Waals surface area contributed by atoms with Gasteiger partial charge in [0.05, 0.1) is 5.56 Å². The Kier molecular flexibility index (Phi) is 4.02. The fraction of sp³-hybridized carbons (Fsp3) is 0.533. The van der Waals surface area contributed by atoms with Crippen LogP contribution >= 0.6 is 0 Å². The summed E-state index contributed by atoms with van der Waals surface area (Å²) in [6, 6.07) is 7.73. The molecule has 3 heteroatoms. The van der Waals surface area contributed by atoms with Crippen LogP contribution < -0.4 is 0 Å². The summed E-state index contributed by atoms with van der Waals surface area (Å²) in [6.07, 6.45) is 5.10. The summed E-state index contributed by atoms with van der Waals surface area (Å²) in [5, 5.41) is 9.08. The van der Waals surface area contributed by atoms with Gasteiger partial charge in [0.2, 0.25) is 0 Å². The second-order valence-corrected chi connectivity index (χ2v) is 5.38. The van der Waals surface area contributed by atoms with Gasteiger partial charge in [0.25, 0.3) is 0 Å². The third-order valence-electron chi connectivity index (χ3n) is 3.88. The Bertz CT molecular complexity index is 422. The molecule has 0 amide bonds. The van der Waals surface area contributed by atoms with E-state index in [1.54, 1.807) is 6.07 Å².